The van der Waals surface area contributed by atoms with Crippen LogP contribution in [-0.2, 0) is 11.2 Å². The van der Waals surface area contributed by atoms with Gasteiger partial charge in [-0.3, -0.25) is 4.79 Å². The van der Waals surface area contributed by atoms with Crippen molar-refractivity contribution in [3.63, 3.8) is 0 Å². The van der Waals surface area contributed by atoms with E-state index in [1.165, 1.54) is 6.07 Å². The maximum atomic E-state index is 13.4. The van der Waals surface area contributed by atoms with Gasteiger partial charge in [0.1, 0.15) is 11.6 Å². The minimum absolute atomic E-state index is 0.0561. The molecule has 2 rings (SSSR count). The molecule has 0 aliphatic carbocycles. The lowest BCUT2D eigenvalue weighted by Gasteiger charge is -2.23. The summed E-state index contributed by atoms with van der Waals surface area (Å²) in [6.07, 6.45) is 0.474. The average Bonchev–Trinajstić information content (AvgIpc) is 2.65. The van der Waals surface area contributed by atoms with Crippen LogP contribution in [0.5, 0.6) is 0 Å². The molecule has 1 saturated heterocycles. The fraction of sp³-hybridized carbons (Fsp3) is 0.462. The van der Waals surface area contributed by atoms with Gasteiger partial charge in [0.25, 0.3) is 0 Å². The lowest BCUT2D eigenvalue weighted by Crippen LogP contribution is -2.41. The summed E-state index contributed by atoms with van der Waals surface area (Å²) in [4.78, 5) is 13.6. The number of likely N-dealkylation sites (tertiary alicyclic amines) is 1. The molecule has 0 bridgehead atoms. The molecular weight excluding hydrogens is 238 g/mol. The second-order valence-corrected chi connectivity index (χ2v) is 4.66. The molecule has 1 fully saturated rings. The van der Waals surface area contributed by atoms with Crippen LogP contribution in [0.25, 0.3) is 0 Å². The zero-order chi connectivity index (χ0) is 13.3. The van der Waals surface area contributed by atoms with E-state index in [9.17, 15) is 13.6 Å². The van der Waals surface area contributed by atoms with Crippen molar-refractivity contribution in [1.82, 2.24) is 4.90 Å². The number of amides is 1. The number of carbonyl (C=O) groups is 1. The Bertz CT molecular complexity index is 444. The first-order valence-electron chi connectivity index (χ1n) is 5.98. The number of rotatable bonds is 2. The summed E-state index contributed by atoms with van der Waals surface area (Å²) in [5.41, 5.74) is 5.65. The summed E-state index contributed by atoms with van der Waals surface area (Å²) < 4.78 is 26.9. The first-order chi connectivity index (χ1) is 8.50. The van der Waals surface area contributed by atoms with E-state index in [1.54, 1.807) is 4.90 Å². The number of hydrogen-bond donors (Lipinski definition) is 1. The van der Waals surface area contributed by atoms with E-state index in [1.807, 2.05) is 6.92 Å². The molecular formula is C13H16F2N2O. The summed E-state index contributed by atoms with van der Waals surface area (Å²) in [6.45, 7) is 2.41. The van der Waals surface area contributed by atoms with Crippen molar-refractivity contribution in [3.05, 3.63) is 35.4 Å². The summed E-state index contributed by atoms with van der Waals surface area (Å²) in [5, 5.41) is 0. The largest absolute Gasteiger partial charge is 0.338 e. The highest BCUT2D eigenvalue weighted by Crippen LogP contribution is 2.19. The van der Waals surface area contributed by atoms with Gasteiger partial charge in [0.05, 0.1) is 6.42 Å². The Balaban J connectivity index is 2.12. The zero-order valence-corrected chi connectivity index (χ0v) is 10.2. The molecule has 18 heavy (non-hydrogen) atoms. The van der Waals surface area contributed by atoms with E-state index < -0.39 is 11.6 Å². The van der Waals surface area contributed by atoms with Crippen molar-refractivity contribution in [2.75, 3.05) is 6.54 Å². The molecule has 1 amide bonds. The van der Waals surface area contributed by atoms with E-state index in [2.05, 4.69) is 0 Å². The Morgan fingerprint density at radius 1 is 1.44 bits per heavy atom. The molecule has 2 atom stereocenters. The zero-order valence-electron chi connectivity index (χ0n) is 10.2. The molecule has 1 aromatic rings. The maximum Gasteiger partial charge on any atom is 0.227 e. The van der Waals surface area contributed by atoms with Crippen LogP contribution in [0, 0.1) is 11.6 Å². The van der Waals surface area contributed by atoms with Crippen molar-refractivity contribution >= 4 is 5.91 Å². The van der Waals surface area contributed by atoms with Gasteiger partial charge in [0, 0.05) is 24.2 Å². The predicted molar refractivity (Wildman–Crippen MR) is 63.8 cm³/mol. The number of benzene rings is 1. The van der Waals surface area contributed by atoms with Gasteiger partial charge in [-0.05, 0) is 25.5 Å². The summed E-state index contributed by atoms with van der Waals surface area (Å²) in [6, 6.07) is 3.47. The summed E-state index contributed by atoms with van der Waals surface area (Å²) in [7, 11) is 0. The van der Waals surface area contributed by atoms with Crippen molar-refractivity contribution < 1.29 is 13.6 Å². The summed E-state index contributed by atoms with van der Waals surface area (Å²) >= 11 is 0. The van der Waals surface area contributed by atoms with Gasteiger partial charge in [-0.1, -0.05) is 6.07 Å². The van der Waals surface area contributed by atoms with E-state index in [0.29, 0.717) is 6.54 Å². The lowest BCUT2D eigenvalue weighted by molar-refractivity contribution is -0.131. The Morgan fingerprint density at radius 2 is 2.06 bits per heavy atom. The smallest absolute Gasteiger partial charge is 0.227 e. The van der Waals surface area contributed by atoms with Gasteiger partial charge < -0.3 is 10.6 Å². The van der Waals surface area contributed by atoms with Crippen LogP contribution >= 0.6 is 0 Å². The minimum atomic E-state index is -0.681. The third-order valence-corrected chi connectivity index (χ3v) is 3.52. The topological polar surface area (TPSA) is 46.3 Å². The van der Waals surface area contributed by atoms with Gasteiger partial charge in [0.15, 0.2) is 0 Å². The fourth-order valence-electron chi connectivity index (χ4n) is 2.27. The minimum Gasteiger partial charge on any atom is -0.338 e. The van der Waals surface area contributed by atoms with Crippen molar-refractivity contribution in [2.45, 2.75) is 31.8 Å². The second kappa shape index (κ2) is 5.02. The molecule has 5 heteroatoms. The number of nitrogens with two attached hydrogens (primary N) is 1. The molecule has 0 spiro atoms. The van der Waals surface area contributed by atoms with Crippen LogP contribution in [0.2, 0.25) is 0 Å². The number of halogens is 2. The molecule has 2 unspecified atom stereocenters. The first kappa shape index (κ1) is 13.0. The van der Waals surface area contributed by atoms with E-state index in [4.69, 9.17) is 5.73 Å². The first-order valence-corrected chi connectivity index (χ1v) is 5.98. The number of hydrogen-bond acceptors (Lipinski definition) is 2. The fourth-order valence-corrected chi connectivity index (χ4v) is 2.27. The molecule has 0 radical (unpaired) electrons. The van der Waals surface area contributed by atoms with Gasteiger partial charge >= 0.3 is 0 Å². The normalized spacial score (nSPS) is 23.4. The van der Waals surface area contributed by atoms with Crippen molar-refractivity contribution in [1.29, 1.82) is 0 Å². The number of nitrogens with zero attached hydrogens (tertiary/aromatic N) is 1. The molecule has 1 heterocycles. The van der Waals surface area contributed by atoms with Crippen LogP contribution in [0.3, 0.4) is 0 Å². The molecule has 1 aliphatic heterocycles. The van der Waals surface area contributed by atoms with Crippen molar-refractivity contribution in [3.8, 4) is 0 Å². The molecule has 1 aromatic carbocycles. The highest BCUT2D eigenvalue weighted by atomic mass is 19.1. The van der Waals surface area contributed by atoms with Gasteiger partial charge in [-0.25, -0.2) is 8.78 Å². The van der Waals surface area contributed by atoms with Crippen LogP contribution in [-0.4, -0.2) is 29.4 Å². The standard InChI is InChI=1S/C13H16F2N2O/c1-8-12(16)5-6-17(8)13(18)7-9-10(14)3-2-4-11(9)15/h2-4,8,12H,5-7,16H2,1H3. The SMILES string of the molecule is CC1C(N)CCN1C(=O)Cc1c(F)cccc1F. The highest BCUT2D eigenvalue weighted by molar-refractivity contribution is 5.79. The predicted octanol–water partition coefficient (Wildman–Crippen LogP) is 1.46. The highest BCUT2D eigenvalue weighted by Gasteiger charge is 2.31. The molecule has 0 aromatic heterocycles. The summed E-state index contributed by atoms with van der Waals surface area (Å²) in [5.74, 6) is -1.64. The molecule has 2 N–H and O–H groups in total. The quantitative estimate of drug-likeness (QED) is 0.868. The molecule has 3 nitrogen and oxygen atoms in total. The van der Waals surface area contributed by atoms with Crippen LogP contribution in [0.1, 0.15) is 18.9 Å². The van der Waals surface area contributed by atoms with Crippen molar-refractivity contribution in [2.24, 2.45) is 5.73 Å². The van der Waals surface area contributed by atoms with Gasteiger partial charge in [-0.2, -0.15) is 0 Å². The molecule has 0 saturated carbocycles. The molecule has 1 aliphatic rings. The number of carbonyl (C=O) groups excluding carboxylic acids is 1. The Morgan fingerprint density at radius 3 is 2.56 bits per heavy atom. The Kier molecular flexibility index (Phi) is 3.61. The van der Waals surface area contributed by atoms with E-state index in [-0.39, 0.29) is 30.0 Å². The Labute approximate surface area is 105 Å². The maximum absolute atomic E-state index is 13.4. The average molecular weight is 254 g/mol. The van der Waals surface area contributed by atoms with Gasteiger partial charge in [-0.15, -0.1) is 0 Å². The monoisotopic (exact) mass is 254 g/mol. The van der Waals surface area contributed by atoms with E-state index in [0.717, 1.165) is 18.6 Å². The lowest BCUT2D eigenvalue weighted by atomic mass is 10.1. The molecule has 98 valence electrons. The van der Waals surface area contributed by atoms with Crippen LogP contribution < -0.4 is 5.73 Å². The van der Waals surface area contributed by atoms with Crippen LogP contribution in [0.15, 0.2) is 18.2 Å². The van der Waals surface area contributed by atoms with Crippen LogP contribution in [0.4, 0.5) is 8.78 Å². The van der Waals surface area contributed by atoms with Gasteiger partial charge in [0.2, 0.25) is 5.91 Å². The van der Waals surface area contributed by atoms with E-state index >= 15 is 0 Å². The Hall–Kier alpha value is -1.49. The third-order valence-electron chi connectivity index (χ3n) is 3.52. The third kappa shape index (κ3) is 2.36. The second-order valence-electron chi connectivity index (χ2n) is 4.66.